The normalized spacial score (nSPS) is 51.4. The fraction of sp³-hybridized carbons (Fsp3) is 0.800. The first-order chi connectivity index (χ1) is 9.84. The Bertz CT molecular complexity index is 451. The first kappa shape index (κ1) is 15.3. The molecule has 1 nitrogen and oxygen atoms in total. The molecule has 2 aliphatic carbocycles. The first-order valence-corrected chi connectivity index (χ1v) is 8.87. The molecule has 3 rings (SSSR count). The molecule has 1 heterocycles. The Balaban J connectivity index is 1.86. The molecule has 3 aliphatic rings. The molecule has 0 aromatic heterocycles. The molecule has 0 aromatic rings. The summed E-state index contributed by atoms with van der Waals surface area (Å²) in [6, 6.07) is 0. The van der Waals surface area contributed by atoms with Gasteiger partial charge >= 0.3 is 0 Å². The molecule has 0 amide bonds. The lowest BCUT2D eigenvalue weighted by Gasteiger charge is -2.33. The lowest BCUT2D eigenvalue weighted by molar-refractivity contribution is 0.214. The van der Waals surface area contributed by atoms with Crippen LogP contribution >= 0.6 is 0 Å². The van der Waals surface area contributed by atoms with Crippen molar-refractivity contribution < 1.29 is 4.74 Å². The van der Waals surface area contributed by atoms with Crippen LogP contribution in [-0.4, -0.2) is 11.7 Å². The number of hydrogen-bond acceptors (Lipinski definition) is 1. The molecule has 21 heavy (non-hydrogen) atoms. The van der Waals surface area contributed by atoms with Gasteiger partial charge in [-0.25, -0.2) is 0 Å². The maximum atomic E-state index is 6.06. The predicted octanol–water partition coefficient (Wildman–Crippen LogP) is 5.52. The zero-order valence-corrected chi connectivity index (χ0v) is 14.3. The largest absolute Gasteiger partial charge is 0.366 e. The van der Waals surface area contributed by atoms with Gasteiger partial charge in [-0.2, -0.15) is 0 Å². The van der Waals surface area contributed by atoms with Gasteiger partial charge in [-0.15, -0.1) is 0 Å². The lowest BCUT2D eigenvalue weighted by Crippen LogP contribution is -2.26. The van der Waals surface area contributed by atoms with Gasteiger partial charge < -0.3 is 4.74 Å². The van der Waals surface area contributed by atoms with E-state index in [1.807, 2.05) is 0 Å². The molecule has 0 bridgehead atoms. The van der Waals surface area contributed by atoms with Crippen molar-refractivity contribution in [2.24, 2.45) is 23.2 Å². The van der Waals surface area contributed by atoms with Gasteiger partial charge in [0.1, 0.15) is 0 Å². The molecule has 1 heteroatoms. The van der Waals surface area contributed by atoms with E-state index in [4.69, 9.17) is 4.74 Å². The Morgan fingerprint density at radius 1 is 1.14 bits per heavy atom. The summed E-state index contributed by atoms with van der Waals surface area (Å²) in [4.78, 5) is 0. The smallest absolute Gasteiger partial charge is 0.0920 e. The van der Waals surface area contributed by atoms with Crippen LogP contribution in [0.4, 0.5) is 0 Å². The van der Waals surface area contributed by atoms with Crippen LogP contribution in [0.15, 0.2) is 24.3 Å². The zero-order chi connectivity index (χ0) is 15.3. The fourth-order valence-electron chi connectivity index (χ4n) is 4.85. The average Bonchev–Trinajstić information content (AvgIpc) is 2.94. The average molecular weight is 288 g/mol. The van der Waals surface area contributed by atoms with Crippen molar-refractivity contribution in [2.45, 2.75) is 77.9 Å². The third kappa shape index (κ3) is 2.86. The van der Waals surface area contributed by atoms with Crippen LogP contribution in [-0.2, 0) is 4.74 Å². The fourth-order valence-corrected chi connectivity index (χ4v) is 4.85. The highest BCUT2D eigenvalue weighted by Crippen LogP contribution is 2.55. The van der Waals surface area contributed by atoms with E-state index >= 15 is 0 Å². The molecule has 2 fully saturated rings. The molecule has 1 saturated carbocycles. The molecule has 0 N–H and O–H groups in total. The Morgan fingerprint density at radius 3 is 2.62 bits per heavy atom. The SMILES string of the molecule is C=C(C)[C@@H]1CC[C@]2(C)/C=C/[C@H](C)CC[C@@H]3O[C@@]3(C)CC[C@@H]12. The standard InChI is InChI=1S/C20H32O/c1-14(2)16-9-12-19(4)11-8-15(3)6-7-18-20(5,21-18)13-10-17(16)19/h8,11,15-18H,1,6-7,9-10,12-13H2,2-5H3/b11-8+/t15-,16+,17+,18+,19+,20+/m1/s1. The topological polar surface area (TPSA) is 12.5 Å². The van der Waals surface area contributed by atoms with Crippen LogP contribution in [0.25, 0.3) is 0 Å². The zero-order valence-electron chi connectivity index (χ0n) is 14.3. The van der Waals surface area contributed by atoms with E-state index in [-0.39, 0.29) is 5.60 Å². The number of epoxide rings is 1. The predicted molar refractivity (Wildman–Crippen MR) is 89.2 cm³/mol. The lowest BCUT2D eigenvalue weighted by atomic mass is 9.72. The maximum absolute atomic E-state index is 6.06. The monoisotopic (exact) mass is 288 g/mol. The molecule has 0 spiro atoms. The maximum Gasteiger partial charge on any atom is 0.0920 e. The summed E-state index contributed by atoms with van der Waals surface area (Å²) in [6.07, 6.45) is 13.2. The minimum atomic E-state index is 0.174. The Kier molecular flexibility index (Phi) is 3.84. The highest BCUT2D eigenvalue weighted by Gasteiger charge is 2.53. The van der Waals surface area contributed by atoms with E-state index in [0.717, 1.165) is 5.92 Å². The highest BCUT2D eigenvalue weighted by atomic mass is 16.6. The van der Waals surface area contributed by atoms with E-state index in [9.17, 15) is 0 Å². The second-order valence-corrected chi connectivity index (χ2v) is 8.48. The summed E-state index contributed by atoms with van der Waals surface area (Å²) in [5, 5.41) is 0. The molecule has 0 radical (unpaired) electrons. The summed E-state index contributed by atoms with van der Waals surface area (Å²) in [5.41, 5.74) is 1.93. The molecule has 0 aromatic carbocycles. The molecular weight excluding hydrogens is 256 g/mol. The molecule has 118 valence electrons. The van der Waals surface area contributed by atoms with Crippen molar-refractivity contribution >= 4 is 0 Å². The van der Waals surface area contributed by atoms with Crippen LogP contribution in [0, 0.1) is 23.2 Å². The number of rotatable bonds is 1. The molecule has 1 aliphatic heterocycles. The third-order valence-electron chi connectivity index (χ3n) is 6.64. The van der Waals surface area contributed by atoms with Crippen molar-refractivity contribution in [3.63, 3.8) is 0 Å². The third-order valence-corrected chi connectivity index (χ3v) is 6.64. The Hall–Kier alpha value is -0.560. The summed E-state index contributed by atoms with van der Waals surface area (Å²) in [5.74, 6) is 2.13. The van der Waals surface area contributed by atoms with Crippen molar-refractivity contribution in [3.8, 4) is 0 Å². The van der Waals surface area contributed by atoms with Crippen molar-refractivity contribution in [2.75, 3.05) is 0 Å². The van der Waals surface area contributed by atoms with Crippen molar-refractivity contribution in [1.29, 1.82) is 0 Å². The van der Waals surface area contributed by atoms with Gasteiger partial charge in [0, 0.05) is 0 Å². The van der Waals surface area contributed by atoms with Gasteiger partial charge in [0.15, 0.2) is 0 Å². The number of ether oxygens (including phenoxy) is 1. The number of fused-ring (bicyclic) bond motifs is 2. The van der Waals surface area contributed by atoms with Crippen LogP contribution in [0.5, 0.6) is 0 Å². The second kappa shape index (κ2) is 5.26. The minimum absolute atomic E-state index is 0.174. The molecular formula is C20H32O. The summed E-state index contributed by atoms with van der Waals surface area (Å²) >= 11 is 0. The summed E-state index contributed by atoms with van der Waals surface area (Å²) in [6.45, 7) is 13.7. The van der Waals surface area contributed by atoms with Crippen LogP contribution in [0.2, 0.25) is 0 Å². The van der Waals surface area contributed by atoms with Gasteiger partial charge in [0.25, 0.3) is 0 Å². The highest BCUT2D eigenvalue weighted by molar-refractivity contribution is 5.15. The van der Waals surface area contributed by atoms with E-state index in [1.165, 1.54) is 44.1 Å². The number of hydrogen-bond donors (Lipinski definition) is 0. The van der Waals surface area contributed by atoms with Crippen molar-refractivity contribution in [1.82, 2.24) is 0 Å². The quantitative estimate of drug-likeness (QED) is 0.457. The van der Waals surface area contributed by atoms with E-state index in [2.05, 4.69) is 46.4 Å². The van der Waals surface area contributed by atoms with Crippen LogP contribution in [0.3, 0.4) is 0 Å². The van der Waals surface area contributed by atoms with Gasteiger partial charge in [-0.1, -0.05) is 38.2 Å². The van der Waals surface area contributed by atoms with E-state index in [1.54, 1.807) is 0 Å². The number of allylic oxidation sites excluding steroid dienone is 3. The molecule has 1 saturated heterocycles. The minimum Gasteiger partial charge on any atom is -0.366 e. The van der Waals surface area contributed by atoms with Crippen LogP contribution in [0.1, 0.15) is 66.2 Å². The van der Waals surface area contributed by atoms with Crippen LogP contribution < -0.4 is 0 Å². The Labute approximate surface area is 130 Å². The van der Waals surface area contributed by atoms with Gasteiger partial charge in [-0.05, 0) is 75.5 Å². The van der Waals surface area contributed by atoms with E-state index in [0.29, 0.717) is 23.4 Å². The van der Waals surface area contributed by atoms with Gasteiger partial charge in [0.05, 0.1) is 11.7 Å². The molecule has 0 unspecified atom stereocenters. The van der Waals surface area contributed by atoms with Crippen molar-refractivity contribution in [3.05, 3.63) is 24.3 Å². The first-order valence-electron chi connectivity index (χ1n) is 8.87. The van der Waals surface area contributed by atoms with E-state index < -0.39 is 0 Å². The van der Waals surface area contributed by atoms with Gasteiger partial charge in [-0.3, -0.25) is 0 Å². The molecule has 6 atom stereocenters. The summed E-state index contributed by atoms with van der Waals surface area (Å²) in [7, 11) is 0. The second-order valence-electron chi connectivity index (χ2n) is 8.48. The summed E-state index contributed by atoms with van der Waals surface area (Å²) < 4.78 is 6.06. The van der Waals surface area contributed by atoms with Gasteiger partial charge in [0.2, 0.25) is 0 Å². The Morgan fingerprint density at radius 2 is 1.90 bits per heavy atom.